The van der Waals surface area contributed by atoms with Crippen LogP contribution in [-0.4, -0.2) is 10.6 Å². The van der Waals surface area contributed by atoms with Crippen LogP contribution in [0.15, 0.2) is 71.3 Å². The summed E-state index contributed by atoms with van der Waals surface area (Å²) in [5, 5.41) is 5.73. The van der Waals surface area contributed by atoms with Gasteiger partial charge in [0.25, 0.3) is 0 Å². The average Bonchev–Trinajstić information content (AvgIpc) is 3.02. The number of carbonyl (C=O) groups is 1. The summed E-state index contributed by atoms with van der Waals surface area (Å²) in [6.07, 6.45) is 2.03. The van der Waals surface area contributed by atoms with Crippen molar-refractivity contribution in [2.45, 2.75) is 20.0 Å². The van der Waals surface area contributed by atoms with Gasteiger partial charge in [-0.2, -0.15) is 0 Å². The number of nitrogens with zero attached hydrogens (tertiary/aromatic N) is 1. The van der Waals surface area contributed by atoms with Gasteiger partial charge in [0.1, 0.15) is 0 Å². The molecule has 0 aliphatic rings. The first-order chi connectivity index (χ1) is 12.1. The third kappa shape index (κ3) is 4.97. The average molecular weight is 398 g/mol. The van der Waals surface area contributed by atoms with Crippen molar-refractivity contribution >= 4 is 27.6 Å². The minimum Gasteiger partial charge on any atom is -0.345 e. The number of aryl methyl sites for hydroxylation is 1. The van der Waals surface area contributed by atoms with Crippen LogP contribution in [0.2, 0.25) is 0 Å². The zero-order valence-electron chi connectivity index (χ0n) is 14.0. The van der Waals surface area contributed by atoms with Crippen LogP contribution in [0.1, 0.15) is 16.8 Å². The second kappa shape index (κ2) is 8.03. The summed E-state index contributed by atoms with van der Waals surface area (Å²) in [6.45, 7) is 3.36. The maximum absolute atomic E-state index is 12.1. The van der Waals surface area contributed by atoms with Crippen molar-refractivity contribution in [3.63, 3.8) is 0 Å². The molecule has 0 bridgehead atoms. The third-order valence-electron chi connectivity index (χ3n) is 3.89. The molecule has 3 aromatic rings. The Kier molecular flexibility index (Phi) is 5.56. The maximum atomic E-state index is 12.1. The van der Waals surface area contributed by atoms with Gasteiger partial charge in [-0.3, -0.25) is 0 Å². The van der Waals surface area contributed by atoms with Crippen molar-refractivity contribution in [3.8, 4) is 0 Å². The summed E-state index contributed by atoms with van der Waals surface area (Å²) >= 11 is 3.38. The van der Waals surface area contributed by atoms with E-state index < -0.39 is 0 Å². The van der Waals surface area contributed by atoms with Crippen molar-refractivity contribution in [2.75, 3.05) is 5.32 Å². The zero-order chi connectivity index (χ0) is 17.6. The molecule has 0 aliphatic heterocycles. The Balaban J connectivity index is 1.57. The first kappa shape index (κ1) is 17.3. The lowest BCUT2D eigenvalue weighted by Crippen LogP contribution is -2.29. The lowest BCUT2D eigenvalue weighted by molar-refractivity contribution is 0.251. The van der Waals surface area contributed by atoms with Gasteiger partial charge in [0, 0.05) is 28.6 Å². The topological polar surface area (TPSA) is 46.1 Å². The molecule has 2 amide bonds. The molecule has 2 N–H and O–H groups in total. The standard InChI is InChI=1S/C20H20BrN3O/c1-15-4-2-5-16(12-15)14-24-11-3-6-19(24)13-22-20(25)23-18-9-7-17(21)8-10-18/h2-12H,13-14H2,1H3,(H2,22,23,25). The van der Waals surface area contributed by atoms with Gasteiger partial charge >= 0.3 is 6.03 Å². The van der Waals surface area contributed by atoms with Crippen LogP contribution < -0.4 is 10.6 Å². The van der Waals surface area contributed by atoms with E-state index in [1.165, 1.54) is 11.1 Å². The Labute approximate surface area is 156 Å². The molecule has 0 aliphatic carbocycles. The third-order valence-corrected chi connectivity index (χ3v) is 4.42. The van der Waals surface area contributed by atoms with Gasteiger partial charge in [-0.15, -0.1) is 0 Å². The number of amides is 2. The van der Waals surface area contributed by atoms with E-state index in [0.717, 1.165) is 22.4 Å². The molecular weight excluding hydrogens is 378 g/mol. The molecule has 0 unspecified atom stereocenters. The van der Waals surface area contributed by atoms with Crippen LogP contribution in [0.25, 0.3) is 0 Å². The second-order valence-electron chi connectivity index (χ2n) is 5.93. The van der Waals surface area contributed by atoms with Crippen molar-refractivity contribution in [1.82, 2.24) is 9.88 Å². The molecule has 0 saturated carbocycles. The Morgan fingerprint density at radius 3 is 2.64 bits per heavy atom. The highest BCUT2D eigenvalue weighted by Crippen LogP contribution is 2.14. The van der Waals surface area contributed by atoms with Gasteiger partial charge in [0.15, 0.2) is 0 Å². The van der Waals surface area contributed by atoms with Crippen LogP contribution in [0.3, 0.4) is 0 Å². The lowest BCUT2D eigenvalue weighted by atomic mass is 10.1. The monoisotopic (exact) mass is 397 g/mol. The van der Waals surface area contributed by atoms with Crippen molar-refractivity contribution in [2.24, 2.45) is 0 Å². The minimum atomic E-state index is -0.217. The van der Waals surface area contributed by atoms with E-state index in [1.54, 1.807) is 0 Å². The molecule has 0 spiro atoms. The quantitative estimate of drug-likeness (QED) is 0.629. The van der Waals surface area contributed by atoms with Crippen LogP contribution in [0, 0.1) is 6.92 Å². The van der Waals surface area contributed by atoms with E-state index in [2.05, 4.69) is 62.3 Å². The van der Waals surface area contributed by atoms with Crippen LogP contribution in [-0.2, 0) is 13.1 Å². The van der Waals surface area contributed by atoms with Crippen molar-refractivity contribution in [3.05, 3.63) is 88.2 Å². The summed E-state index contributed by atoms with van der Waals surface area (Å²) < 4.78 is 3.13. The molecule has 128 valence electrons. The molecule has 1 aromatic heterocycles. The van der Waals surface area contributed by atoms with Crippen LogP contribution in [0.5, 0.6) is 0 Å². The first-order valence-corrected chi connectivity index (χ1v) is 8.89. The Morgan fingerprint density at radius 2 is 1.88 bits per heavy atom. The minimum absolute atomic E-state index is 0.217. The molecule has 2 aromatic carbocycles. The van der Waals surface area contributed by atoms with Gasteiger partial charge in [0.05, 0.1) is 6.54 Å². The van der Waals surface area contributed by atoms with Gasteiger partial charge in [-0.25, -0.2) is 4.79 Å². The fourth-order valence-corrected chi connectivity index (χ4v) is 2.92. The number of aromatic nitrogens is 1. The number of anilines is 1. The molecule has 3 rings (SSSR count). The van der Waals surface area contributed by atoms with Crippen LogP contribution in [0.4, 0.5) is 10.5 Å². The summed E-state index contributed by atoms with van der Waals surface area (Å²) in [5.74, 6) is 0. The predicted molar refractivity (Wildman–Crippen MR) is 105 cm³/mol. The Bertz CT molecular complexity index is 855. The van der Waals surface area contributed by atoms with Gasteiger partial charge in [-0.05, 0) is 48.9 Å². The molecule has 4 nitrogen and oxygen atoms in total. The SMILES string of the molecule is Cc1cccc(Cn2cccc2CNC(=O)Nc2ccc(Br)cc2)c1. The molecule has 5 heteroatoms. The van der Waals surface area contributed by atoms with Crippen LogP contribution >= 0.6 is 15.9 Å². The molecule has 1 heterocycles. The molecule has 25 heavy (non-hydrogen) atoms. The van der Waals surface area contributed by atoms with Gasteiger partial charge < -0.3 is 15.2 Å². The lowest BCUT2D eigenvalue weighted by Gasteiger charge is -2.12. The van der Waals surface area contributed by atoms with E-state index in [9.17, 15) is 4.79 Å². The number of hydrogen-bond acceptors (Lipinski definition) is 1. The van der Waals surface area contributed by atoms with E-state index >= 15 is 0 Å². The maximum Gasteiger partial charge on any atom is 0.319 e. The number of urea groups is 1. The Morgan fingerprint density at radius 1 is 1.08 bits per heavy atom. The summed E-state index contributed by atoms with van der Waals surface area (Å²) in [4.78, 5) is 12.1. The largest absolute Gasteiger partial charge is 0.345 e. The van der Waals surface area contributed by atoms with Gasteiger partial charge in [-0.1, -0.05) is 45.8 Å². The fraction of sp³-hybridized carbons (Fsp3) is 0.150. The molecule has 0 atom stereocenters. The molecular formula is C20H20BrN3O. The van der Waals surface area contributed by atoms with Crippen molar-refractivity contribution < 1.29 is 4.79 Å². The fourth-order valence-electron chi connectivity index (χ4n) is 2.65. The summed E-state index contributed by atoms with van der Waals surface area (Å²) in [6, 6.07) is 19.7. The predicted octanol–water partition coefficient (Wildman–Crippen LogP) is 4.93. The van der Waals surface area contributed by atoms with Crippen molar-refractivity contribution in [1.29, 1.82) is 0 Å². The molecule has 0 saturated heterocycles. The number of nitrogens with one attached hydrogen (secondary N) is 2. The van der Waals surface area contributed by atoms with E-state index in [-0.39, 0.29) is 6.03 Å². The highest BCUT2D eigenvalue weighted by atomic mass is 79.9. The summed E-state index contributed by atoms with van der Waals surface area (Å²) in [5.41, 5.74) is 4.32. The highest BCUT2D eigenvalue weighted by molar-refractivity contribution is 9.10. The zero-order valence-corrected chi connectivity index (χ0v) is 15.6. The molecule has 0 fully saturated rings. The Hall–Kier alpha value is -2.53. The smallest absolute Gasteiger partial charge is 0.319 e. The highest BCUT2D eigenvalue weighted by Gasteiger charge is 2.06. The number of rotatable bonds is 5. The number of benzene rings is 2. The van der Waals surface area contributed by atoms with E-state index in [1.807, 2.05) is 42.6 Å². The van der Waals surface area contributed by atoms with E-state index in [0.29, 0.717) is 6.54 Å². The number of hydrogen-bond donors (Lipinski definition) is 2. The normalized spacial score (nSPS) is 10.5. The van der Waals surface area contributed by atoms with Gasteiger partial charge in [0.2, 0.25) is 0 Å². The second-order valence-corrected chi connectivity index (χ2v) is 6.85. The number of halogens is 1. The first-order valence-electron chi connectivity index (χ1n) is 8.10. The number of carbonyl (C=O) groups excluding carboxylic acids is 1. The molecule has 0 radical (unpaired) electrons. The van der Waals surface area contributed by atoms with E-state index in [4.69, 9.17) is 0 Å². The summed E-state index contributed by atoms with van der Waals surface area (Å²) in [7, 11) is 0.